The third-order valence-electron chi connectivity index (χ3n) is 5.35. The van der Waals surface area contributed by atoms with Gasteiger partial charge in [-0.25, -0.2) is 14.6 Å². The van der Waals surface area contributed by atoms with E-state index in [0.29, 0.717) is 28.6 Å². The molecule has 2 aromatic heterocycles. The number of fused-ring (bicyclic) bond motifs is 2. The van der Waals surface area contributed by atoms with E-state index < -0.39 is 24.0 Å². The summed E-state index contributed by atoms with van der Waals surface area (Å²) in [7, 11) is 1.39. The number of carbonyl (C=O) groups excluding carboxylic acids is 3. The highest BCUT2D eigenvalue weighted by Crippen LogP contribution is 2.36. The fourth-order valence-corrected chi connectivity index (χ4v) is 3.80. The number of amides is 3. The van der Waals surface area contributed by atoms with Gasteiger partial charge < -0.3 is 14.5 Å². The lowest BCUT2D eigenvalue weighted by Gasteiger charge is -2.23. The summed E-state index contributed by atoms with van der Waals surface area (Å²) >= 11 is 0. The number of urea groups is 1. The quantitative estimate of drug-likeness (QED) is 0.607. The number of hydrogen-bond donors (Lipinski definition) is 2. The van der Waals surface area contributed by atoms with Crippen molar-refractivity contribution >= 4 is 40.5 Å². The number of nitrogens with one attached hydrogen (secondary N) is 2. The lowest BCUT2D eigenvalue weighted by molar-refractivity contribution is -0.127. The molecule has 2 N–H and O–H groups in total. The molecule has 1 atom stereocenters. The number of benzene rings is 1. The van der Waals surface area contributed by atoms with Crippen molar-refractivity contribution in [3.63, 3.8) is 0 Å². The first-order chi connectivity index (χ1) is 15.5. The molecule has 0 saturated carbocycles. The van der Waals surface area contributed by atoms with Crippen molar-refractivity contribution in [2.45, 2.75) is 32.3 Å². The maximum atomic E-state index is 13.3. The number of imide groups is 1. The SMILES string of the molecule is CNC(=O)NC(=O)[C@@H](C)OC(=O)c1c2c(nc3ccccc13)/C(=C/c1ccco1)CCC2. The Hall–Kier alpha value is -3.94. The summed E-state index contributed by atoms with van der Waals surface area (Å²) < 4.78 is 10.9. The van der Waals surface area contributed by atoms with E-state index >= 15 is 0 Å². The molecule has 4 rings (SSSR count). The Kier molecular flexibility index (Phi) is 6.02. The summed E-state index contributed by atoms with van der Waals surface area (Å²) in [5.74, 6) is -0.617. The maximum Gasteiger partial charge on any atom is 0.339 e. The van der Waals surface area contributed by atoms with E-state index in [1.165, 1.54) is 14.0 Å². The number of furan rings is 1. The number of nitrogens with zero attached hydrogens (tertiary/aromatic N) is 1. The fraction of sp³-hybridized carbons (Fsp3) is 0.250. The number of pyridine rings is 1. The Morgan fingerprint density at radius 1 is 1.16 bits per heavy atom. The minimum atomic E-state index is -1.15. The lowest BCUT2D eigenvalue weighted by Crippen LogP contribution is -2.43. The maximum absolute atomic E-state index is 13.3. The number of ether oxygens (including phenoxy) is 1. The normalized spacial score (nSPS) is 15.1. The van der Waals surface area contributed by atoms with Crippen LogP contribution in [-0.2, 0) is 16.0 Å². The van der Waals surface area contributed by atoms with Gasteiger partial charge in [-0.2, -0.15) is 0 Å². The molecule has 3 amide bonds. The number of esters is 1. The topological polar surface area (TPSA) is 111 Å². The Balaban J connectivity index is 1.75. The first kappa shape index (κ1) is 21.3. The van der Waals surface area contributed by atoms with Crippen LogP contribution in [0.1, 0.15) is 47.1 Å². The van der Waals surface area contributed by atoms with Crippen LogP contribution in [0.3, 0.4) is 0 Å². The van der Waals surface area contributed by atoms with Crippen LogP contribution in [0.4, 0.5) is 4.79 Å². The van der Waals surface area contributed by atoms with Crippen LogP contribution in [0.15, 0.2) is 47.1 Å². The van der Waals surface area contributed by atoms with Crippen LogP contribution in [-0.4, -0.2) is 36.0 Å². The number of para-hydroxylation sites is 1. The van der Waals surface area contributed by atoms with Crippen molar-refractivity contribution in [2.75, 3.05) is 7.05 Å². The van der Waals surface area contributed by atoms with Gasteiger partial charge in [-0.3, -0.25) is 10.1 Å². The second-order valence-electron chi connectivity index (χ2n) is 7.49. The molecule has 0 fully saturated rings. The van der Waals surface area contributed by atoms with E-state index in [4.69, 9.17) is 14.1 Å². The highest BCUT2D eigenvalue weighted by Gasteiger charge is 2.28. The predicted molar refractivity (Wildman–Crippen MR) is 119 cm³/mol. The standard InChI is InChI=1S/C24H23N3O5/c1-14(22(28)27-24(30)25-2)32-23(29)20-17-9-3-4-11-19(17)26-21-15(7-5-10-18(20)21)13-16-8-6-12-31-16/h3-4,6,8-9,11-14H,5,7,10H2,1-2H3,(H2,25,27,28,30)/b15-13+/t14-/m1/s1. The second-order valence-corrected chi connectivity index (χ2v) is 7.49. The zero-order valence-electron chi connectivity index (χ0n) is 17.8. The van der Waals surface area contributed by atoms with Gasteiger partial charge in [0.05, 0.1) is 23.0 Å². The highest BCUT2D eigenvalue weighted by atomic mass is 16.5. The van der Waals surface area contributed by atoms with Gasteiger partial charge >= 0.3 is 12.0 Å². The monoisotopic (exact) mass is 433 g/mol. The molecule has 0 aliphatic heterocycles. The molecule has 0 bridgehead atoms. The van der Waals surface area contributed by atoms with Gasteiger partial charge in [0.25, 0.3) is 5.91 Å². The van der Waals surface area contributed by atoms with Crippen LogP contribution in [0, 0.1) is 0 Å². The summed E-state index contributed by atoms with van der Waals surface area (Å²) in [4.78, 5) is 41.7. The Morgan fingerprint density at radius 3 is 2.72 bits per heavy atom. The zero-order chi connectivity index (χ0) is 22.7. The molecule has 3 aromatic rings. The first-order valence-electron chi connectivity index (χ1n) is 10.4. The van der Waals surface area contributed by atoms with Gasteiger partial charge in [0.15, 0.2) is 6.10 Å². The van der Waals surface area contributed by atoms with Crippen LogP contribution in [0.5, 0.6) is 0 Å². The molecule has 32 heavy (non-hydrogen) atoms. The molecule has 164 valence electrons. The van der Waals surface area contributed by atoms with Crippen molar-refractivity contribution in [1.82, 2.24) is 15.6 Å². The highest BCUT2D eigenvalue weighted by molar-refractivity contribution is 6.07. The smallest absolute Gasteiger partial charge is 0.339 e. The van der Waals surface area contributed by atoms with Gasteiger partial charge in [0.2, 0.25) is 0 Å². The average molecular weight is 433 g/mol. The van der Waals surface area contributed by atoms with E-state index in [0.717, 1.165) is 29.7 Å². The van der Waals surface area contributed by atoms with E-state index in [1.54, 1.807) is 6.26 Å². The number of carbonyl (C=O) groups is 3. The molecule has 8 nitrogen and oxygen atoms in total. The summed E-state index contributed by atoms with van der Waals surface area (Å²) in [6, 6.07) is 10.4. The molecule has 0 unspecified atom stereocenters. The predicted octanol–water partition coefficient (Wildman–Crippen LogP) is 3.71. The molecule has 1 aromatic carbocycles. The van der Waals surface area contributed by atoms with E-state index in [1.807, 2.05) is 42.5 Å². The molecule has 0 spiro atoms. The molecule has 0 radical (unpaired) electrons. The fourth-order valence-electron chi connectivity index (χ4n) is 3.80. The van der Waals surface area contributed by atoms with Crippen molar-refractivity contribution < 1.29 is 23.5 Å². The Morgan fingerprint density at radius 2 is 1.97 bits per heavy atom. The van der Waals surface area contributed by atoms with Gasteiger partial charge in [-0.1, -0.05) is 18.2 Å². The van der Waals surface area contributed by atoms with Crippen LogP contribution < -0.4 is 10.6 Å². The number of allylic oxidation sites excluding steroid dienone is 1. The summed E-state index contributed by atoms with van der Waals surface area (Å²) in [5, 5.41) is 5.07. The third-order valence-corrected chi connectivity index (χ3v) is 5.35. The summed E-state index contributed by atoms with van der Waals surface area (Å²) in [6.45, 7) is 1.42. The van der Waals surface area contributed by atoms with E-state index in [-0.39, 0.29) is 0 Å². The molecule has 0 saturated heterocycles. The van der Waals surface area contributed by atoms with Crippen LogP contribution in [0.2, 0.25) is 0 Å². The Bertz CT molecular complexity index is 1210. The average Bonchev–Trinajstić information content (AvgIpc) is 3.30. The van der Waals surface area contributed by atoms with Crippen LogP contribution >= 0.6 is 0 Å². The number of hydrogen-bond acceptors (Lipinski definition) is 6. The summed E-state index contributed by atoms with van der Waals surface area (Å²) in [6.07, 6.45) is 4.70. The zero-order valence-corrected chi connectivity index (χ0v) is 17.8. The molecular formula is C24H23N3O5. The van der Waals surface area contributed by atoms with Crippen molar-refractivity contribution in [2.24, 2.45) is 0 Å². The van der Waals surface area contributed by atoms with Gasteiger partial charge in [0, 0.05) is 12.4 Å². The van der Waals surface area contributed by atoms with Crippen LogP contribution in [0.25, 0.3) is 22.6 Å². The second kappa shape index (κ2) is 9.05. The molecule has 1 aliphatic carbocycles. The molecule has 8 heteroatoms. The number of aromatic nitrogens is 1. The molecular weight excluding hydrogens is 410 g/mol. The molecule has 1 aliphatic rings. The van der Waals surface area contributed by atoms with Crippen molar-refractivity contribution in [3.05, 3.63) is 65.2 Å². The Labute approximate surface area is 184 Å². The van der Waals surface area contributed by atoms with E-state index in [9.17, 15) is 14.4 Å². The lowest BCUT2D eigenvalue weighted by atomic mass is 9.86. The minimum Gasteiger partial charge on any atom is -0.465 e. The van der Waals surface area contributed by atoms with E-state index in [2.05, 4.69) is 10.6 Å². The van der Waals surface area contributed by atoms with Crippen molar-refractivity contribution in [3.8, 4) is 0 Å². The number of rotatable bonds is 4. The minimum absolute atomic E-state index is 0.398. The van der Waals surface area contributed by atoms with Gasteiger partial charge in [-0.15, -0.1) is 0 Å². The van der Waals surface area contributed by atoms with Gasteiger partial charge in [0.1, 0.15) is 5.76 Å². The summed E-state index contributed by atoms with van der Waals surface area (Å²) in [5.41, 5.74) is 3.56. The largest absolute Gasteiger partial charge is 0.465 e. The first-order valence-corrected chi connectivity index (χ1v) is 10.4. The van der Waals surface area contributed by atoms with Crippen molar-refractivity contribution in [1.29, 1.82) is 0 Å². The van der Waals surface area contributed by atoms with Gasteiger partial charge in [-0.05, 0) is 61.6 Å². The third kappa shape index (κ3) is 4.25. The molecule has 2 heterocycles.